The van der Waals surface area contributed by atoms with Gasteiger partial charge in [0.15, 0.2) is 0 Å². The van der Waals surface area contributed by atoms with Crippen LogP contribution >= 0.6 is 11.6 Å². The summed E-state index contributed by atoms with van der Waals surface area (Å²) in [6, 6.07) is 0. The third kappa shape index (κ3) is 5.25. The lowest BCUT2D eigenvalue weighted by atomic mass is 9.94. The zero-order valence-corrected chi connectivity index (χ0v) is 8.32. The largest absolute Gasteiger partial charge is 0.281 e. The lowest BCUT2D eigenvalue weighted by molar-refractivity contribution is -0.115. The minimum atomic E-state index is -0.166. The van der Waals surface area contributed by atoms with Crippen LogP contribution in [-0.4, -0.2) is 5.24 Å². The summed E-state index contributed by atoms with van der Waals surface area (Å²) in [6.07, 6.45) is 2.90. The molecule has 11 heavy (non-hydrogen) atoms. The van der Waals surface area contributed by atoms with Gasteiger partial charge < -0.3 is 0 Å². The van der Waals surface area contributed by atoms with E-state index in [4.69, 9.17) is 11.6 Å². The molecule has 0 rings (SSSR count). The van der Waals surface area contributed by atoms with Gasteiger partial charge in [-0.05, 0) is 30.4 Å². The maximum absolute atomic E-state index is 10.8. The smallest absolute Gasteiger partial charge is 0.224 e. The fourth-order valence-electron chi connectivity index (χ4n) is 1.24. The van der Waals surface area contributed by atoms with Gasteiger partial charge in [-0.15, -0.1) is 0 Å². The van der Waals surface area contributed by atoms with Crippen molar-refractivity contribution in [1.29, 1.82) is 0 Å². The third-order valence-corrected chi connectivity index (χ3v) is 2.02. The summed E-state index contributed by atoms with van der Waals surface area (Å²) in [5.41, 5.74) is 0. The van der Waals surface area contributed by atoms with E-state index in [0.717, 1.165) is 19.3 Å². The van der Waals surface area contributed by atoms with Crippen LogP contribution in [0.4, 0.5) is 0 Å². The van der Waals surface area contributed by atoms with Crippen molar-refractivity contribution in [2.24, 2.45) is 11.8 Å². The quantitative estimate of drug-likeness (QED) is 0.588. The SMILES string of the molecule is CCCC(CC(C)C)C(=O)Cl. The molecule has 1 atom stereocenters. The monoisotopic (exact) mass is 176 g/mol. The average molecular weight is 177 g/mol. The van der Waals surface area contributed by atoms with E-state index in [-0.39, 0.29) is 11.2 Å². The molecular weight excluding hydrogens is 160 g/mol. The van der Waals surface area contributed by atoms with E-state index in [9.17, 15) is 4.79 Å². The van der Waals surface area contributed by atoms with Crippen molar-refractivity contribution in [1.82, 2.24) is 0 Å². The molecule has 0 heterocycles. The summed E-state index contributed by atoms with van der Waals surface area (Å²) in [6.45, 7) is 6.30. The molecule has 2 heteroatoms. The molecule has 0 bridgehead atoms. The molecule has 0 N–H and O–H groups in total. The van der Waals surface area contributed by atoms with Gasteiger partial charge in [0.25, 0.3) is 0 Å². The maximum atomic E-state index is 10.8. The number of halogens is 1. The van der Waals surface area contributed by atoms with Crippen molar-refractivity contribution in [3.8, 4) is 0 Å². The molecule has 0 aromatic carbocycles. The van der Waals surface area contributed by atoms with E-state index in [0.29, 0.717) is 5.92 Å². The highest BCUT2D eigenvalue weighted by Gasteiger charge is 2.15. The van der Waals surface area contributed by atoms with E-state index in [2.05, 4.69) is 20.8 Å². The lowest BCUT2D eigenvalue weighted by Crippen LogP contribution is -2.11. The molecule has 0 saturated heterocycles. The van der Waals surface area contributed by atoms with Crippen molar-refractivity contribution in [3.05, 3.63) is 0 Å². The van der Waals surface area contributed by atoms with Crippen LogP contribution in [0.15, 0.2) is 0 Å². The zero-order chi connectivity index (χ0) is 8.85. The summed E-state index contributed by atoms with van der Waals surface area (Å²) in [5.74, 6) is 0.649. The number of hydrogen-bond donors (Lipinski definition) is 0. The van der Waals surface area contributed by atoms with Crippen molar-refractivity contribution >= 4 is 16.8 Å². The number of carbonyl (C=O) groups excluding carboxylic acids is 1. The minimum absolute atomic E-state index is 0.0849. The molecule has 0 aliphatic rings. The second-order valence-electron chi connectivity index (χ2n) is 3.42. The maximum Gasteiger partial charge on any atom is 0.224 e. The first-order chi connectivity index (χ1) is 5.07. The Bertz CT molecular complexity index is 121. The van der Waals surface area contributed by atoms with Crippen LogP contribution in [0, 0.1) is 11.8 Å². The highest BCUT2D eigenvalue weighted by molar-refractivity contribution is 6.63. The van der Waals surface area contributed by atoms with E-state index in [1.807, 2.05) is 0 Å². The minimum Gasteiger partial charge on any atom is -0.281 e. The van der Waals surface area contributed by atoms with Gasteiger partial charge in [0, 0.05) is 5.92 Å². The molecule has 1 nitrogen and oxygen atoms in total. The molecular formula is C9H17ClO. The number of rotatable bonds is 5. The first-order valence-corrected chi connectivity index (χ1v) is 4.65. The molecule has 0 saturated carbocycles. The molecule has 0 aromatic rings. The summed E-state index contributed by atoms with van der Waals surface area (Å²) in [4.78, 5) is 10.8. The highest BCUT2D eigenvalue weighted by atomic mass is 35.5. The zero-order valence-electron chi connectivity index (χ0n) is 7.56. The Morgan fingerprint density at radius 1 is 1.45 bits per heavy atom. The predicted octanol–water partition coefficient (Wildman–Crippen LogP) is 3.21. The Hall–Kier alpha value is -0.0400. The van der Waals surface area contributed by atoms with E-state index in [1.165, 1.54) is 0 Å². The summed E-state index contributed by atoms with van der Waals surface area (Å²) in [7, 11) is 0. The van der Waals surface area contributed by atoms with Gasteiger partial charge in [0.05, 0.1) is 0 Å². The van der Waals surface area contributed by atoms with Crippen LogP contribution in [0.1, 0.15) is 40.0 Å². The molecule has 0 amide bonds. The normalized spacial score (nSPS) is 13.5. The van der Waals surface area contributed by atoms with Crippen molar-refractivity contribution in [2.75, 3.05) is 0 Å². The third-order valence-electron chi connectivity index (χ3n) is 1.71. The van der Waals surface area contributed by atoms with Crippen molar-refractivity contribution < 1.29 is 4.79 Å². The molecule has 0 fully saturated rings. The Labute approximate surface area is 74.1 Å². The second kappa shape index (κ2) is 5.59. The highest BCUT2D eigenvalue weighted by Crippen LogP contribution is 2.19. The van der Waals surface area contributed by atoms with Crippen LogP contribution in [-0.2, 0) is 4.79 Å². The van der Waals surface area contributed by atoms with Crippen molar-refractivity contribution in [3.63, 3.8) is 0 Å². The molecule has 66 valence electrons. The Balaban J connectivity index is 3.79. The fraction of sp³-hybridized carbons (Fsp3) is 0.889. The van der Waals surface area contributed by atoms with Crippen LogP contribution in [0.3, 0.4) is 0 Å². The van der Waals surface area contributed by atoms with Gasteiger partial charge in [-0.3, -0.25) is 4.79 Å². The standard InChI is InChI=1S/C9H17ClO/c1-4-5-8(9(10)11)6-7(2)3/h7-8H,4-6H2,1-3H3. The summed E-state index contributed by atoms with van der Waals surface area (Å²) >= 11 is 5.43. The van der Waals surface area contributed by atoms with Gasteiger partial charge in [-0.1, -0.05) is 27.2 Å². The Morgan fingerprint density at radius 2 is 2.00 bits per heavy atom. The number of hydrogen-bond acceptors (Lipinski definition) is 1. The lowest BCUT2D eigenvalue weighted by Gasteiger charge is -2.12. The van der Waals surface area contributed by atoms with E-state index in [1.54, 1.807) is 0 Å². The van der Waals surface area contributed by atoms with Crippen LogP contribution in [0.25, 0.3) is 0 Å². The first kappa shape index (κ1) is 11.0. The molecule has 1 unspecified atom stereocenters. The van der Waals surface area contributed by atoms with E-state index < -0.39 is 0 Å². The van der Waals surface area contributed by atoms with Crippen LogP contribution in [0.5, 0.6) is 0 Å². The van der Waals surface area contributed by atoms with Gasteiger partial charge >= 0.3 is 0 Å². The second-order valence-corrected chi connectivity index (χ2v) is 3.79. The van der Waals surface area contributed by atoms with Crippen LogP contribution < -0.4 is 0 Å². The summed E-state index contributed by atoms with van der Waals surface area (Å²) < 4.78 is 0. The predicted molar refractivity (Wildman–Crippen MR) is 48.7 cm³/mol. The molecule has 0 aliphatic heterocycles. The Morgan fingerprint density at radius 3 is 2.27 bits per heavy atom. The topological polar surface area (TPSA) is 17.1 Å². The molecule has 0 radical (unpaired) electrons. The van der Waals surface area contributed by atoms with Crippen molar-refractivity contribution in [2.45, 2.75) is 40.0 Å². The first-order valence-electron chi connectivity index (χ1n) is 4.27. The fourth-order valence-corrected chi connectivity index (χ4v) is 1.44. The van der Waals surface area contributed by atoms with E-state index >= 15 is 0 Å². The molecule has 0 aromatic heterocycles. The Kier molecular flexibility index (Phi) is 5.57. The molecule has 0 aliphatic carbocycles. The number of carbonyl (C=O) groups is 1. The van der Waals surface area contributed by atoms with Gasteiger partial charge in [-0.25, -0.2) is 0 Å². The summed E-state index contributed by atoms with van der Waals surface area (Å²) in [5, 5.41) is -0.166. The molecule has 0 spiro atoms. The van der Waals surface area contributed by atoms with Gasteiger partial charge in [0.1, 0.15) is 0 Å². The van der Waals surface area contributed by atoms with Gasteiger partial charge in [0.2, 0.25) is 5.24 Å². The average Bonchev–Trinajstić information content (AvgIpc) is 1.86. The van der Waals surface area contributed by atoms with Crippen LogP contribution in [0.2, 0.25) is 0 Å². The van der Waals surface area contributed by atoms with Gasteiger partial charge in [-0.2, -0.15) is 0 Å².